The minimum Gasteiger partial charge on any atom is -0.409 e. The summed E-state index contributed by atoms with van der Waals surface area (Å²) < 4.78 is 0. The third kappa shape index (κ3) is 3.19. The lowest BCUT2D eigenvalue weighted by Gasteiger charge is -2.31. The molecular formula is C15H23N3O. The molecule has 4 heteroatoms. The number of hydrogen-bond donors (Lipinski definition) is 2. The van der Waals surface area contributed by atoms with Crippen LogP contribution in [0.25, 0.3) is 0 Å². The van der Waals surface area contributed by atoms with Crippen molar-refractivity contribution in [2.75, 3.05) is 11.4 Å². The Morgan fingerprint density at radius 1 is 1.47 bits per heavy atom. The van der Waals surface area contributed by atoms with Crippen molar-refractivity contribution in [3.05, 3.63) is 29.3 Å². The summed E-state index contributed by atoms with van der Waals surface area (Å²) in [7, 11) is 0. The maximum absolute atomic E-state index is 8.94. The van der Waals surface area contributed by atoms with Gasteiger partial charge in [-0.3, -0.25) is 0 Å². The quantitative estimate of drug-likeness (QED) is 0.371. The maximum Gasteiger partial charge on any atom is 0.172 e. The molecule has 1 aliphatic carbocycles. The van der Waals surface area contributed by atoms with E-state index in [4.69, 9.17) is 10.9 Å². The van der Waals surface area contributed by atoms with Crippen LogP contribution in [0.1, 0.15) is 37.8 Å². The normalized spacial score (nSPS) is 15.9. The SMILES string of the molecule is Cc1ccc(C(N)=NO)c(N(CC2CC2)C(C)C)c1. The molecule has 0 spiro atoms. The van der Waals surface area contributed by atoms with Crippen molar-refractivity contribution in [2.45, 2.75) is 39.7 Å². The van der Waals surface area contributed by atoms with E-state index >= 15 is 0 Å². The molecule has 0 aliphatic heterocycles. The Bertz CT molecular complexity index is 478. The molecule has 0 heterocycles. The van der Waals surface area contributed by atoms with Crippen LogP contribution < -0.4 is 10.6 Å². The van der Waals surface area contributed by atoms with Crippen LogP contribution in [0.15, 0.2) is 23.4 Å². The molecule has 3 N–H and O–H groups in total. The van der Waals surface area contributed by atoms with Crippen molar-refractivity contribution < 1.29 is 5.21 Å². The lowest BCUT2D eigenvalue weighted by Crippen LogP contribution is -2.34. The van der Waals surface area contributed by atoms with Crippen LogP contribution in [0.3, 0.4) is 0 Å². The summed E-state index contributed by atoms with van der Waals surface area (Å²) in [4.78, 5) is 2.36. The lowest BCUT2D eigenvalue weighted by molar-refractivity contribution is 0.318. The summed E-state index contributed by atoms with van der Waals surface area (Å²) in [6.45, 7) is 7.48. The molecule has 104 valence electrons. The number of rotatable bonds is 5. The molecule has 1 aliphatic rings. The molecule has 1 fully saturated rings. The number of benzene rings is 1. The molecule has 1 aromatic carbocycles. The monoisotopic (exact) mass is 261 g/mol. The van der Waals surface area contributed by atoms with Crippen molar-refractivity contribution in [2.24, 2.45) is 16.8 Å². The second-order valence-corrected chi connectivity index (χ2v) is 5.70. The Morgan fingerprint density at radius 2 is 2.16 bits per heavy atom. The van der Waals surface area contributed by atoms with Gasteiger partial charge in [0.1, 0.15) is 0 Å². The van der Waals surface area contributed by atoms with Gasteiger partial charge in [-0.1, -0.05) is 11.2 Å². The molecule has 0 unspecified atom stereocenters. The van der Waals surface area contributed by atoms with Gasteiger partial charge in [0.05, 0.1) is 0 Å². The summed E-state index contributed by atoms with van der Waals surface area (Å²) in [5, 5.41) is 12.1. The molecule has 1 aromatic rings. The van der Waals surface area contributed by atoms with Crippen molar-refractivity contribution in [1.82, 2.24) is 0 Å². The fourth-order valence-corrected chi connectivity index (χ4v) is 2.32. The van der Waals surface area contributed by atoms with E-state index in [2.05, 4.69) is 36.9 Å². The second-order valence-electron chi connectivity index (χ2n) is 5.70. The first-order chi connectivity index (χ1) is 9.02. The van der Waals surface area contributed by atoms with Gasteiger partial charge in [0.25, 0.3) is 0 Å². The molecule has 0 radical (unpaired) electrons. The zero-order valence-corrected chi connectivity index (χ0v) is 11.9. The highest BCUT2D eigenvalue weighted by Gasteiger charge is 2.27. The number of nitrogens with two attached hydrogens (primary N) is 1. The van der Waals surface area contributed by atoms with E-state index in [1.165, 1.54) is 18.4 Å². The largest absolute Gasteiger partial charge is 0.409 e. The summed E-state index contributed by atoms with van der Waals surface area (Å²) in [6.07, 6.45) is 2.63. The van der Waals surface area contributed by atoms with Gasteiger partial charge in [0, 0.05) is 23.8 Å². The van der Waals surface area contributed by atoms with Gasteiger partial charge in [0.15, 0.2) is 5.84 Å². The van der Waals surface area contributed by atoms with Gasteiger partial charge < -0.3 is 15.8 Å². The van der Waals surface area contributed by atoms with Crippen LogP contribution in [0, 0.1) is 12.8 Å². The highest BCUT2D eigenvalue weighted by Crippen LogP contribution is 2.33. The highest BCUT2D eigenvalue weighted by molar-refractivity contribution is 6.02. The van der Waals surface area contributed by atoms with Gasteiger partial charge in [-0.05, 0) is 57.2 Å². The van der Waals surface area contributed by atoms with Crippen LogP contribution >= 0.6 is 0 Å². The van der Waals surface area contributed by atoms with Crippen molar-refractivity contribution >= 4 is 11.5 Å². The van der Waals surface area contributed by atoms with E-state index in [0.717, 1.165) is 23.7 Å². The van der Waals surface area contributed by atoms with E-state index in [0.29, 0.717) is 6.04 Å². The zero-order valence-electron chi connectivity index (χ0n) is 11.9. The van der Waals surface area contributed by atoms with E-state index in [-0.39, 0.29) is 5.84 Å². The van der Waals surface area contributed by atoms with Crippen LogP contribution in [0.4, 0.5) is 5.69 Å². The molecule has 0 atom stereocenters. The molecule has 1 saturated carbocycles. The van der Waals surface area contributed by atoms with E-state index in [9.17, 15) is 0 Å². The highest BCUT2D eigenvalue weighted by atomic mass is 16.4. The number of hydrogen-bond acceptors (Lipinski definition) is 3. The van der Waals surface area contributed by atoms with E-state index < -0.39 is 0 Å². The number of oxime groups is 1. The Hall–Kier alpha value is -1.71. The van der Waals surface area contributed by atoms with E-state index in [1.807, 2.05) is 12.1 Å². The van der Waals surface area contributed by atoms with Gasteiger partial charge in [-0.15, -0.1) is 0 Å². The average molecular weight is 261 g/mol. The zero-order chi connectivity index (χ0) is 14.0. The van der Waals surface area contributed by atoms with Crippen molar-refractivity contribution in [3.8, 4) is 0 Å². The summed E-state index contributed by atoms with van der Waals surface area (Å²) in [5.41, 5.74) is 8.86. The summed E-state index contributed by atoms with van der Waals surface area (Å²) in [6, 6.07) is 6.44. The Kier molecular flexibility index (Phi) is 3.98. The Morgan fingerprint density at radius 3 is 2.68 bits per heavy atom. The third-order valence-corrected chi connectivity index (χ3v) is 3.62. The second kappa shape index (κ2) is 5.51. The minimum atomic E-state index is 0.177. The fourth-order valence-electron chi connectivity index (χ4n) is 2.32. The molecule has 19 heavy (non-hydrogen) atoms. The summed E-state index contributed by atoms with van der Waals surface area (Å²) in [5.74, 6) is 0.972. The smallest absolute Gasteiger partial charge is 0.172 e. The van der Waals surface area contributed by atoms with Gasteiger partial charge >= 0.3 is 0 Å². The van der Waals surface area contributed by atoms with Crippen LogP contribution in [0.5, 0.6) is 0 Å². The number of anilines is 1. The predicted molar refractivity (Wildman–Crippen MR) is 78.9 cm³/mol. The molecular weight excluding hydrogens is 238 g/mol. The van der Waals surface area contributed by atoms with Crippen molar-refractivity contribution in [1.29, 1.82) is 0 Å². The van der Waals surface area contributed by atoms with Crippen molar-refractivity contribution in [3.63, 3.8) is 0 Å². The first-order valence-corrected chi connectivity index (χ1v) is 6.88. The van der Waals surface area contributed by atoms with Gasteiger partial charge in [0.2, 0.25) is 0 Å². The third-order valence-electron chi connectivity index (χ3n) is 3.62. The van der Waals surface area contributed by atoms with E-state index in [1.54, 1.807) is 0 Å². The van der Waals surface area contributed by atoms with Crippen LogP contribution in [-0.4, -0.2) is 23.6 Å². The van der Waals surface area contributed by atoms with Crippen LogP contribution in [0.2, 0.25) is 0 Å². The topological polar surface area (TPSA) is 61.9 Å². The number of amidine groups is 1. The number of nitrogens with zero attached hydrogens (tertiary/aromatic N) is 2. The predicted octanol–water partition coefficient (Wildman–Crippen LogP) is 2.71. The Balaban J connectivity index is 2.40. The fraction of sp³-hybridized carbons (Fsp3) is 0.533. The standard InChI is InChI=1S/C15H23N3O/c1-10(2)18(9-12-5-6-12)14-8-11(3)4-7-13(14)15(16)17-19/h4,7-8,10,12,19H,5-6,9H2,1-3H3,(H2,16,17). The van der Waals surface area contributed by atoms with Crippen LogP contribution in [-0.2, 0) is 0 Å². The molecule has 2 rings (SSSR count). The average Bonchev–Trinajstić information content (AvgIpc) is 3.18. The summed E-state index contributed by atoms with van der Waals surface area (Å²) >= 11 is 0. The van der Waals surface area contributed by atoms with Gasteiger partial charge in [-0.2, -0.15) is 0 Å². The Labute approximate surface area is 114 Å². The first-order valence-electron chi connectivity index (χ1n) is 6.88. The molecule has 4 nitrogen and oxygen atoms in total. The maximum atomic E-state index is 8.94. The molecule has 0 bridgehead atoms. The molecule has 0 aromatic heterocycles. The van der Waals surface area contributed by atoms with Gasteiger partial charge in [-0.25, -0.2) is 0 Å². The number of aryl methyl sites for hydroxylation is 1. The molecule has 0 saturated heterocycles. The lowest BCUT2D eigenvalue weighted by atomic mass is 10.1. The first kappa shape index (κ1) is 13.7. The minimum absolute atomic E-state index is 0.177. The molecule has 0 amide bonds.